The van der Waals surface area contributed by atoms with Gasteiger partial charge in [0.05, 0.1) is 12.8 Å². The van der Waals surface area contributed by atoms with Crippen LogP contribution in [0.4, 0.5) is 11.5 Å². The number of aromatic nitrogens is 2. The highest BCUT2D eigenvalue weighted by atomic mass is 32.2. The Balaban J connectivity index is 1.94. The number of H-pyrrole nitrogens is 1. The van der Waals surface area contributed by atoms with E-state index in [1.54, 1.807) is 13.2 Å². The van der Waals surface area contributed by atoms with Crippen LogP contribution in [-0.4, -0.2) is 23.0 Å². The third-order valence-electron chi connectivity index (χ3n) is 3.92. The molecule has 0 bridgehead atoms. The second-order valence-electron chi connectivity index (χ2n) is 6.08. The number of nitrogen functional groups attached to an aromatic ring is 1. The number of aryl methyl sites for hydroxylation is 1. The van der Waals surface area contributed by atoms with E-state index < -0.39 is 5.25 Å². The molecule has 0 fully saturated rings. The summed E-state index contributed by atoms with van der Waals surface area (Å²) in [4.78, 5) is 31.6. The van der Waals surface area contributed by atoms with Gasteiger partial charge in [0.2, 0.25) is 5.91 Å². The quantitative estimate of drug-likeness (QED) is 0.436. The molecule has 0 saturated heterocycles. The van der Waals surface area contributed by atoms with Gasteiger partial charge in [0, 0.05) is 6.07 Å². The van der Waals surface area contributed by atoms with Crippen LogP contribution in [0.2, 0.25) is 0 Å². The van der Waals surface area contributed by atoms with Crippen molar-refractivity contribution >= 4 is 29.2 Å². The summed E-state index contributed by atoms with van der Waals surface area (Å²) in [7, 11) is 1.55. The lowest BCUT2D eigenvalue weighted by Gasteiger charge is -2.18. The molecule has 0 saturated carbocycles. The Bertz CT molecular complexity index is 1040. The number of amides is 1. The van der Waals surface area contributed by atoms with Crippen LogP contribution in [0.1, 0.15) is 16.4 Å². The lowest BCUT2D eigenvalue weighted by molar-refractivity contribution is -0.115. The Labute approximate surface area is 166 Å². The average molecular weight is 396 g/mol. The van der Waals surface area contributed by atoms with E-state index in [1.807, 2.05) is 49.4 Å². The van der Waals surface area contributed by atoms with Crippen LogP contribution in [0.3, 0.4) is 0 Å². The Morgan fingerprint density at radius 3 is 2.64 bits per heavy atom. The third-order valence-corrected chi connectivity index (χ3v) is 5.06. The van der Waals surface area contributed by atoms with Gasteiger partial charge in [0.1, 0.15) is 16.8 Å². The molecule has 0 aliphatic heterocycles. The zero-order valence-corrected chi connectivity index (χ0v) is 16.2. The van der Waals surface area contributed by atoms with Crippen LogP contribution in [0, 0.1) is 6.92 Å². The standard InChI is InChI=1S/C20H20N4O3S/c1-12-8-9-15(27-2)14(10-12)22-19(26)18(13-6-4-3-5-7-13)28-20-23-16(21)11-17(25)24-20/h3-11,18H,1-2H3,(H,22,26)(H3,21,23,24,25). The number of nitrogens with two attached hydrogens (primary N) is 1. The molecule has 3 aromatic rings. The summed E-state index contributed by atoms with van der Waals surface area (Å²) < 4.78 is 5.34. The van der Waals surface area contributed by atoms with Gasteiger partial charge in [-0.25, -0.2) is 4.98 Å². The fraction of sp³-hybridized carbons (Fsp3) is 0.150. The first-order chi connectivity index (χ1) is 13.5. The third kappa shape index (κ3) is 4.72. The highest BCUT2D eigenvalue weighted by molar-refractivity contribution is 8.00. The zero-order chi connectivity index (χ0) is 20.1. The van der Waals surface area contributed by atoms with Gasteiger partial charge in [-0.3, -0.25) is 9.59 Å². The highest BCUT2D eigenvalue weighted by Crippen LogP contribution is 2.35. The fourth-order valence-electron chi connectivity index (χ4n) is 2.64. The van der Waals surface area contributed by atoms with Gasteiger partial charge in [-0.1, -0.05) is 48.2 Å². The fourth-order valence-corrected chi connectivity index (χ4v) is 3.64. The number of rotatable bonds is 6. The number of hydrogen-bond donors (Lipinski definition) is 3. The largest absolute Gasteiger partial charge is 0.495 e. The monoisotopic (exact) mass is 396 g/mol. The molecule has 1 heterocycles. The van der Waals surface area contributed by atoms with Gasteiger partial charge >= 0.3 is 0 Å². The van der Waals surface area contributed by atoms with E-state index in [2.05, 4.69) is 15.3 Å². The van der Waals surface area contributed by atoms with Crippen LogP contribution >= 0.6 is 11.8 Å². The van der Waals surface area contributed by atoms with Gasteiger partial charge in [-0.15, -0.1) is 0 Å². The summed E-state index contributed by atoms with van der Waals surface area (Å²) in [5, 5.41) is 2.53. The van der Waals surface area contributed by atoms with Crippen molar-refractivity contribution < 1.29 is 9.53 Å². The summed E-state index contributed by atoms with van der Waals surface area (Å²) in [6.07, 6.45) is 0. The van der Waals surface area contributed by atoms with Crippen molar-refractivity contribution in [3.8, 4) is 5.75 Å². The smallest absolute Gasteiger partial charge is 0.253 e. The SMILES string of the molecule is COc1ccc(C)cc1NC(=O)C(Sc1nc(N)cc(=O)[nH]1)c1ccccc1. The zero-order valence-electron chi connectivity index (χ0n) is 15.4. The van der Waals surface area contributed by atoms with E-state index in [-0.39, 0.29) is 22.4 Å². The Hall–Kier alpha value is -3.26. The number of nitrogens with one attached hydrogen (secondary N) is 2. The lowest BCUT2D eigenvalue weighted by atomic mass is 10.1. The number of aromatic amines is 1. The van der Waals surface area contributed by atoms with E-state index in [4.69, 9.17) is 10.5 Å². The predicted molar refractivity (Wildman–Crippen MR) is 111 cm³/mol. The molecular weight excluding hydrogens is 376 g/mol. The maximum atomic E-state index is 13.1. The molecule has 0 spiro atoms. The maximum absolute atomic E-state index is 13.1. The number of thioether (sulfide) groups is 1. The summed E-state index contributed by atoms with van der Waals surface area (Å²) in [5.41, 5.74) is 7.62. The van der Waals surface area contributed by atoms with Crippen molar-refractivity contribution in [3.05, 3.63) is 76.1 Å². The van der Waals surface area contributed by atoms with Crippen molar-refractivity contribution in [2.24, 2.45) is 0 Å². The summed E-state index contributed by atoms with van der Waals surface area (Å²) in [5.74, 6) is 0.384. The topological polar surface area (TPSA) is 110 Å². The van der Waals surface area contributed by atoms with E-state index in [0.29, 0.717) is 11.4 Å². The molecule has 1 amide bonds. The number of methoxy groups -OCH3 is 1. The second kappa shape index (κ2) is 8.62. The number of carbonyl (C=O) groups is 1. The number of hydrogen-bond acceptors (Lipinski definition) is 6. The minimum atomic E-state index is -0.656. The lowest BCUT2D eigenvalue weighted by Crippen LogP contribution is -2.20. The first kappa shape index (κ1) is 19.5. The van der Waals surface area contributed by atoms with Gasteiger partial charge in [0.25, 0.3) is 5.56 Å². The Morgan fingerprint density at radius 2 is 1.96 bits per heavy atom. The summed E-state index contributed by atoms with van der Waals surface area (Å²) >= 11 is 1.12. The van der Waals surface area contributed by atoms with Crippen molar-refractivity contribution in [1.82, 2.24) is 9.97 Å². The first-order valence-corrected chi connectivity index (χ1v) is 9.38. The molecular formula is C20H20N4O3S. The summed E-state index contributed by atoms with van der Waals surface area (Å²) in [6, 6.07) is 16.0. The van der Waals surface area contributed by atoms with Crippen LogP contribution in [-0.2, 0) is 4.79 Å². The second-order valence-corrected chi connectivity index (χ2v) is 7.17. The summed E-state index contributed by atoms with van der Waals surface area (Å²) in [6.45, 7) is 1.93. The molecule has 28 heavy (non-hydrogen) atoms. The molecule has 0 aliphatic rings. The van der Waals surface area contributed by atoms with Crippen molar-refractivity contribution in [3.63, 3.8) is 0 Å². The van der Waals surface area contributed by atoms with Crippen LogP contribution in [0.15, 0.2) is 64.5 Å². The normalized spacial score (nSPS) is 11.6. The number of ether oxygens (including phenoxy) is 1. The molecule has 1 aromatic heterocycles. The van der Waals surface area contributed by atoms with E-state index >= 15 is 0 Å². The number of carbonyl (C=O) groups excluding carboxylic acids is 1. The average Bonchev–Trinajstić information content (AvgIpc) is 2.66. The van der Waals surface area contributed by atoms with Crippen molar-refractivity contribution in [2.75, 3.05) is 18.2 Å². The molecule has 4 N–H and O–H groups in total. The minimum absolute atomic E-state index is 0.0961. The molecule has 0 aliphatic carbocycles. The Morgan fingerprint density at radius 1 is 1.21 bits per heavy atom. The molecule has 3 rings (SSSR count). The Kier molecular flexibility index (Phi) is 6.00. The van der Waals surface area contributed by atoms with Crippen molar-refractivity contribution in [1.29, 1.82) is 0 Å². The number of nitrogens with zero attached hydrogens (tertiary/aromatic N) is 1. The molecule has 144 valence electrons. The van der Waals surface area contributed by atoms with Gasteiger partial charge in [-0.2, -0.15) is 0 Å². The van der Waals surface area contributed by atoms with E-state index in [0.717, 1.165) is 22.9 Å². The number of benzene rings is 2. The van der Waals surface area contributed by atoms with Gasteiger partial charge in [0.15, 0.2) is 5.16 Å². The van der Waals surface area contributed by atoms with E-state index in [9.17, 15) is 9.59 Å². The van der Waals surface area contributed by atoms with Crippen LogP contribution < -0.4 is 21.3 Å². The number of anilines is 2. The van der Waals surface area contributed by atoms with Gasteiger partial charge < -0.3 is 20.8 Å². The molecule has 1 atom stereocenters. The molecule has 1 unspecified atom stereocenters. The predicted octanol–water partition coefficient (Wildman–Crippen LogP) is 3.14. The highest BCUT2D eigenvalue weighted by Gasteiger charge is 2.24. The molecule has 8 heteroatoms. The minimum Gasteiger partial charge on any atom is -0.495 e. The van der Waals surface area contributed by atoms with Crippen LogP contribution in [0.25, 0.3) is 0 Å². The van der Waals surface area contributed by atoms with Crippen molar-refractivity contribution in [2.45, 2.75) is 17.3 Å². The van der Waals surface area contributed by atoms with Crippen LogP contribution in [0.5, 0.6) is 5.75 Å². The molecule has 7 nitrogen and oxygen atoms in total. The van der Waals surface area contributed by atoms with Gasteiger partial charge in [-0.05, 0) is 30.2 Å². The molecule has 0 radical (unpaired) electrons. The molecule has 2 aromatic carbocycles. The van der Waals surface area contributed by atoms with E-state index in [1.165, 1.54) is 6.07 Å². The maximum Gasteiger partial charge on any atom is 0.253 e. The first-order valence-electron chi connectivity index (χ1n) is 8.50.